The van der Waals surface area contributed by atoms with E-state index >= 15 is 0 Å². The summed E-state index contributed by atoms with van der Waals surface area (Å²) in [5, 5.41) is 10.3. The third kappa shape index (κ3) is 4.42. The number of halogens is 2. The van der Waals surface area contributed by atoms with Crippen LogP contribution in [0.5, 0.6) is 12.0 Å². The number of aromatic hydroxyl groups is 1. The largest absolute Gasteiger partial charge is 0.480 e. The third-order valence-electron chi connectivity index (χ3n) is 4.69. The SMILES string of the molecule is CCCCOc1nc(NCl)c2nc(O)n(CCC3CCN(Cl)CC3)c2n1. The highest BCUT2D eigenvalue weighted by atomic mass is 35.5. The van der Waals surface area contributed by atoms with E-state index in [0.29, 0.717) is 36.1 Å². The molecule has 0 aromatic carbocycles. The van der Waals surface area contributed by atoms with Crippen LogP contribution in [0.3, 0.4) is 0 Å². The predicted molar refractivity (Wildman–Crippen MR) is 102 cm³/mol. The number of nitrogens with zero attached hydrogens (tertiary/aromatic N) is 5. The van der Waals surface area contributed by atoms with Crippen molar-refractivity contribution in [3.8, 4) is 12.0 Å². The number of ether oxygens (including phenoxy) is 1. The van der Waals surface area contributed by atoms with Gasteiger partial charge in [0.2, 0.25) is 0 Å². The molecule has 3 rings (SSSR count). The van der Waals surface area contributed by atoms with E-state index in [-0.39, 0.29) is 12.0 Å². The van der Waals surface area contributed by atoms with E-state index < -0.39 is 0 Å². The maximum atomic E-state index is 10.3. The lowest BCUT2D eigenvalue weighted by atomic mass is 9.95. The van der Waals surface area contributed by atoms with E-state index in [1.54, 1.807) is 4.57 Å². The molecule has 2 N–H and O–H groups in total. The standard InChI is InChI=1S/C16H24Cl2N6O2/c1-2-3-10-26-15-20-13(22-17)12-14(21-15)24(16(25)19-12)9-6-11-4-7-23(18)8-5-11/h11H,2-10H2,1H3,(H,19,25)(H,20,21,22). The van der Waals surface area contributed by atoms with Crippen LogP contribution < -0.4 is 9.57 Å². The van der Waals surface area contributed by atoms with Crippen LogP contribution in [-0.2, 0) is 6.54 Å². The van der Waals surface area contributed by atoms with Gasteiger partial charge in [0.25, 0.3) is 6.01 Å². The summed E-state index contributed by atoms with van der Waals surface area (Å²) in [6, 6.07) is 0.133. The van der Waals surface area contributed by atoms with E-state index in [0.717, 1.165) is 45.2 Å². The Labute approximate surface area is 162 Å². The minimum Gasteiger partial charge on any atom is -0.480 e. The zero-order chi connectivity index (χ0) is 18.5. The zero-order valence-electron chi connectivity index (χ0n) is 14.8. The molecule has 2 aromatic heterocycles. The molecule has 1 saturated heterocycles. The van der Waals surface area contributed by atoms with Gasteiger partial charge in [-0.05, 0) is 43.4 Å². The molecule has 0 spiro atoms. The number of aromatic nitrogens is 4. The van der Waals surface area contributed by atoms with Crippen molar-refractivity contribution in [2.45, 2.75) is 45.6 Å². The number of rotatable bonds is 8. The molecule has 26 heavy (non-hydrogen) atoms. The number of imidazole rings is 1. The number of unbranched alkanes of at least 4 members (excludes halogenated alkanes) is 1. The van der Waals surface area contributed by atoms with E-state index in [9.17, 15) is 5.11 Å². The summed E-state index contributed by atoms with van der Waals surface area (Å²) >= 11 is 11.8. The highest BCUT2D eigenvalue weighted by Crippen LogP contribution is 2.29. The molecule has 0 aliphatic carbocycles. The van der Waals surface area contributed by atoms with Crippen LogP contribution in [0.1, 0.15) is 39.0 Å². The Morgan fingerprint density at radius 2 is 2.04 bits per heavy atom. The number of aryl methyl sites for hydroxylation is 1. The molecule has 8 nitrogen and oxygen atoms in total. The van der Waals surface area contributed by atoms with E-state index in [1.165, 1.54) is 0 Å². The Morgan fingerprint density at radius 1 is 1.27 bits per heavy atom. The Kier molecular flexibility index (Phi) is 6.61. The van der Waals surface area contributed by atoms with Gasteiger partial charge in [0, 0.05) is 31.4 Å². The fourth-order valence-electron chi connectivity index (χ4n) is 3.12. The zero-order valence-corrected chi connectivity index (χ0v) is 16.3. The number of piperidine rings is 1. The average Bonchev–Trinajstić information content (AvgIpc) is 2.96. The third-order valence-corrected chi connectivity index (χ3v) is 5.21. The number of anilines is 1. The van der Waals surface area contributed by atoms with Crippen LogP contribution in [0.25, 0.3) is 11.2 Å². The van der Waals surface area contributed by atoms with Gasteiger partial charge in [-0.3, -0.25) is 9.40 Å². The fraction of sp³-hybridized carbons (Fsp3) is 0.688. The van der Waals surface area contributed by atoms with Gasteiger partial charge in [0.05, 0.1) is 6.61 Å². The highest BCUT2D eigenvalue weighted by Gasteiger charge is 2.21. The molecular weight excluding hydrogens is 379 g/mol. The first-order valence-corrected chi connectivity index (χ1v) is 9.71. The van der Waals surface area contributed by atoms with Crippen molar-refractivity contribution in [3.63, 3.8) is 0 Å². The second kappa shape index (κ2) is 8.92. The van der Waals surface area contributed by atoms with Crippen LogP contribution in [-0.4, -0.2) is 48.7 Å². The maximum absolute atomic E-state index is 10.3. The first kappa shape index (κ1) is 19.3. The first-order chi connectivity index (χ1) is 12.6. The molecule has 1 aliphatic rings. The molecule has 0 saturated carbocycles. The smallest absolute Gasteiger partial charge is 0.320 e. The molecule has 1 fully saturated rings. The van der Waals surface area contributed by atoms with Crippen molar-refractivity contribution in [1.82, 2.24) is 23.9 Å². The van der Waals surface area contributed by atoms with Gasteiger partial charge in [0.15, 0.2) is 17.0 Å². The second-order valence-electron chi connectivity index (χ2n) is 6.53. The Bertz CT molecular complexity index is 733. The first-order valence-electron chi connectivity index (χ1n) is 8.99. The molecule has 0 amide bonds. The quantitative estimate of drug-likeness (QED) is 0.515. The normalized spacial score (nSPS) is 16.3. The summed E-state index contributed by atoms with van der Waals surface area (Å²) in [5.41, 5.74) is 0.942. The molecule has 2 aromatic rings. The fourth-order valence-corrected chi connectivity index (χ4v) is 3.44. The molecule has 0 bridgehead atoms. The van der Waals surface area contributed by atoms with Crippen LogP contribution in [0.15, 0.2) is 0 Å². The summed E-state index contributed by atoms with van der Waals surface area (Å²) < 4.78 is 9.12. The lowest BCUT2D eigenvalue weighted by Crippen LogP contribution is -2.26. The summed E-state index contributed by atoms with van der Waals surface area (Å²) in [7, 11) is 0. The number of hydrogen-bond donors (Lipinski definition) is 2. The lowest BCUT2D eigenvalue weighted by Gasteiger charge is -2.26. The van der Waals surface area contributed by atoms with Crippen LogP contribution >= 0.6 is 23.6 Å². The number of hydrogen-bond acceptors (Lipinski definition) is 7. The maximum Gasteiger partial charge on any atom is 0.320 e. The average molecular weight is 403 g/mol. The molecule has 0 radical (unpaired) electrons. The topological polar surface area (TPSA) is 88.3 Å². The van der Waals surface area contributed by atoms with E-state index in [1.807, 2.05) is 4.42 Å². The van der Waals surface area contributed by atoms with Crippen molar-refractivity contribution in [3.05, 3.63) is 0 Å². The molecular formula is C16H24Cl2N6O2. The van der Waals surface area contributed by atoms with Crippen LogP contribution in [0, 0.1) is 5.92 Å². The molecule has 0 unspecified atom stereocenters. The van der Waals surface area contributed by atoms with E-state index in [4.69, 9.17) is 28.3 Å². The van der Waals surface area contributed by atoms with Gasteiger partial charge < -0.3 is 9.84 Å². The summed E-state index contributed by atoms with van der Waals surface area (Å²) in [5.74, 6) is 0.891. The van der Waals surface area contributed by atoms with Gasteiger partial charge in [-0.15, -0.1) is 0 Å². The van der Waals surface area contributed by atoms with Gasteiger partial charge in [-0.1, -0.05) is 13.3 Å². The van der Waals surface area contributed by atoms with E-state index in [2.05, 4.69) is 26.7 Å². The van der Waals surface area contributed by atoms with Gasteiger partial charge in [-0.25, -0.2) is 4.42 Å². The molecule has 10 heteroatoms. The lowest BCUT2D eigenvalue weighted by molar-refractivity contribution is 0.261. The summed E-state index contributed by atoms with van der Waals surface area (Å²) in [6.07, 6.45) is 4.94. The molecule has 144 valence electrons. The number of nitrogens with one attached hydrogen (secondary N) is 1. The second-order valence-corrected chi connectivity index (χ2v) is 7.20. The Morgan fingerprint density at radius 3 is 2.73 bits per heavy atom. The molecule has 0 atom stereocenters. The summed E-state index contributed by atoms with van der Waals surface area (Å²) in [6.45, 7) is 5.01. The highest BCUT2D eigenvalue weighted by molar-refractivity contribution is 6.25. The Balaban J connectivity index is 1.79. The molecule has 1 aliphatic heterocycles. The minimum absolute atomic E-state index is 0.0945. The van der Waals surface area contributed by atoms with Crippen molar-refractivity contribution in [2.24, 2.45) is 5.92 Å². The predicted octanol–water partition coefficient (Wildman–Crippen LogP) is 3.53. The number of fused-ring (bicyclic) bond motifs is 1. The van der Waals surface area contributed by atoms with Crippen molar-refractivity contribution >= 4 is 40.5 Å². The van der Waals surface area contributed by atoms with Crippen molar-refractivity contribution in [2.75, 3.05) is 24.5 Å². The van der Waals surface area contributed by atoms with Gasteiger partial charge in [-0.2, -0.15) is 15.0 Å². The van der Waals surface area contributed by atoms with Crippen LogP contribution in [0.4, 0.5) is 5.82 Å². The van der Waals surface area contributed by atoms with Crippen molar-refractivity contribution in [1.29, 1.82) is 0 Å². The van der Waals surface area contributed by atoms with Gasteiger partial charge in [0.1, 0.15) is 0 Å². The summed E-state index contributed by atoms with van der Waals surface area (Å²) in [4.78, 5) is 15.3. The van der Waals surface area contributed by atoms with Crippen LogP contribution in [0.2, 0.25) is 0 Å². The van der Waals surface area contributed by atoms with Crippen molar-refractivity contribution < 1.29 is 9.84 Å². The Hall–Kier alpha value is -1.51. The monoisotopic (exact) mass is 402 g/mol. The van der Waals surface area contributed by atoms with Gasteiger partial charge >= 0.3 is 6.01 Å². The minimum atomic E-state index is -0.0945. The molecule has 3 heterocycles.